The molecule has 0 unspecified atom stereocenters. The Morgan fingerprint density at radius 3 is 2.65 bits per heavy atom. The van der Waals surface area contributed by atoms with Gasteiger partial charge in [-0.2, -0.15) is 8.78 Å². The molecule has 0 spiro atoms. The van der Waals surface area contributed by atoms with Crippen LogP contribution in [0.4, 0.5) is 14.7 Å². The number of nitrogens with one attached hydrogen (secondary N) is 1. The maximum absolute atomic E-state index is 12.4. The zero-order valence-corrected chi connectivity index (χ0v) is 19.2. The van der Waals surface area contributed by atoms with Crippen LogP contribution < -0.4 is 5.32 Å². The van der Waals surface area contributed by atoms with E-state index in [-0.39, 0.29) is 24.4 Å². The number of fused-ring (bicyclic) bond motifs is 1. The summed E-state index contributed by atoms with van der Waals surface area (Å²) >= 11 is 0. The van der Waals surface area contributed by atoms with Crippen molar-refractivity contribution in [2.24, 2.45) is 0 Å². The Balaban J connectivity index is 1.69. The molecule has 0 amide bonds. The lowest BCUT2D eigenvalue weighted by molar-refractivity contribution is -0.130. The zero-order valence-electron chi connectivity index (χ0n) is 19.2. The van der Waals surface area contributed by atoms with E-state index in [1.807, 2.05) is 10.6 Å². The van der Waals surface area contributed by atoms with Gasteiger partial charge in [-0.25, -0.2) is 9.50 Å². The number of carbonyl (C=O) groups excluding carboxylic acids is 1. The van der Waals surface area contributed by atoms with Crippen molar-refractivity contribution in [1.29, 1.82) is 0 Å². The molecule has 1 fully saturated rings. The van der Waals surface area contributed by atoms with Gasteiger partial charge in [0.15, 0.2) is 5.78 Å². The molecule has 3 aromatic heterocycles. The van der Waals surface area contributed by atoms with E-state index in [2.05, 4.69) is 31.2 Å². The fraction of sp³-hybridized carbons (Fsp3) is 0.500. The number of ketones is 1. The van der Waals surface area contributed by atoms with Gasteiger partial charge in [-0.15, -0.1) is 5.10 Å². The molecule has 0 radical (unpaired) electrons. The van der Waals surface area contributed by atoms with E-state index in [1.54, 1.807) is 32.3 Å². The first-order valence-electron chi connectivity index (χ1n) is 11.6. The molecule has 0 aromatic carbocycles. The molecule has 182 valence electrons. The summed E-state index contributed by atoms with van der Waals surface area (Å²) in [5.74, 6) is 0.499. The van der Waals surface area contributed by atoms with Crippen LogP contribution in [0.5, 0.6) is 0 Å². The standard InChI is InChI=1S/C24H29F2N5O3/c1-3-22(33)19-9-6-16(11-27-19)18-10-20(15-4-7-17(32)8-5-15)31-21(18)12-28-24(30-31)29-14(2)13-34-23(25)26/h6,9-12,14-15,17,23,32H,3-5,7-8,13H2,1-2H3,(H,29,30)/t14-,15?,17?/m0/s1. The molecule has 1 aliphatic carbocycles. The van der Waals surface area contributed by atoms with E-state index in [1.165, 1.54) is 0 Å². The third-order valence-corrected chi connectivity index (χ3v) is 6.19. The van der Waals surface area contributed by atoms with Gasteiger partial charge in [0.25, 0.3) is 0 Å². The quantitative estimate of drug-likeness (QED) is 0.443. The molecule has 8 nitrogen and oxygen atoms in total. The molecule has 1 aliphatic rings. The highest BCUT2D eigenvalue weighted by Crippen LogP contribution is 2.37. The molecule has 34 heavy (non-hydrogen) atoms. The molecule has 10 heteroatoms. The van der Waals surface area contributed by atoms with Crippen LogP contribution in [0, 0.1) is 0 Å². The highest BCUT2D eigenvalue weighted by atomic mass is 19.3. The van der Waals surface area contributed by atoms with Gasteiger partial charge in [-0.1, -0.05) is 13.0 Å². The minimum absolute atomic E-state index is 0.0151. The second kappa shape index (κ2) is 10.5. The molecular weight excluding hydrogens is 444 g/mol. The first-order valence-corrected chi connectivity index (χ1v) is 11.6. The summed E-state index contributed by atoms with van der Waals surface area (Å²) in [7, 11) is 0. The van der Waals surface area contributed by atoms with E-state index in [9.17, 15) is 18.7 Å². The number of aromatic nitrogens is 4. The lowest BCUT2D eigenvalue weighted by Gasteiger charge is -2.25. The van der Waals surface area contributed by atoms with E-state index >= 15 is 0 Å². The van der Waals surface area contributed by atoms with Crippen LogP contribution in [0.3, 0.4) is 0 Å². The Kier molecular flexibility index (Phi) is 7.47. The van der Waals surface area contributed by atoms with Gasteiger partial charge >= 0.3 is 6.61 Å². The van der Waals surface area contributed by atoms with Crippen LogP contribution in [-0.4, -0.2) is 55.8 Å². The van der Waals surface area contributed by atoms with Crippen molar-refractivity contribution in [2.75, 3.05) is 11.9 Å². The smallest absolute Gasteiger partial charge is 0.345 e. The Bertz CT molecular complexity index is 1130. The second-order valence-electron chi connectivity index (χ2n) is 8.72. The maximum atomic E-state index is 12.4. The van der Waals surface area contributed by atoms with Gasteiger partial charge in [0.05, 0.1) is 24.4 Å². The normalized spacial score (nSPS) is 19.5. The summed E-state index contributed by atoms with van der Waals surface area (Å²) in [6, 6.07) is 5.25. The number of halogens is 2. The van der Waals surface area contributed by atoms with Crippen molar-refractivity contribution in [3.63, 3.8) is 0 Å². The number of pyridine rings is 1. The van der Waals surface area contributed by atoms with Crippen LogP contribution >= 0.6 is 0 Å². The predicted molar refractivity (Wildman–Crippen MR) is 123 cm³/mol. The van der Waals surface area contributed by atoms with Gasteiger partial charge in [0, 0.05) is 41.4 Å². The summed E-state index contributed by atoms with van der Waals surface area (Å²) in [6.07, 6.45) is 6.60. The van der Waals surface area contributed by atoms with Crippen molar-refractivity contribution < 1.29 is 23.4 Å². The molecule has 3 heterocycles. The average molecular weight is 474 g/mol. The summed E-state index contributed by atoms with van der Waals surface area (Å²) in [5, 5.41) is 17.6. The topological polar surface area (TPSA) is 102 Å². The molecule has 0 bridgehead atoms. The highest BCUT2D eigenvalue weighted by molar-refractivity contribution is 5.94. The van der Waals surface area contributed by atoms with Crippen molar-refractivity contribution in [1.82, 2.24) is 19.6 Å². The fourth-order valence-electron chi connectivity index (χ4n) is 4.35. The predicted octanol–water partition coefficient (Wildman–Crippen LogP) is 4.44. The number of rotatable bonds is 9. The van der Waals surface area contributed by atoms with Crippen molar-refractivity contribution in [3.05, 3.63) is 42.0 Å². The summed E-state index contributed by atoms with van der Waals surface area (Å²) < 4.78 is 30.9. The van der Waals surface area contributed by atoms with Gasteiger partial charge in [0.1, 0.15) is 5.69 Å². The molecule has 2 N–H and O–H groups in total. The largest absolute Gasteiger partial charge is 0.393 e. The Hall–Kier alpha value is -2.98. The Labute approximate surface area is 196 Å². The Morgan fingerprint density at radius 2 is 2.00 bits per heavy atom. The van der Waals surface area contributed by atoms with Crippen LogP contribution in [-0.2, 0) is 4.74 Å². The first kappa shape index (κ1) is 24.2. The van der Waals surface area contributed by atoms with Crippen LogP contribution in [0.15, 0.2) is 30.6 Å². The molecule has 0 saturated heterocycles. The number of hydrogen-bond acceptors (Lipinski definition) is 7. The number of hydrogen-bond donors (Lipinski definition) is 2. The van der Waals surface area contributed by atoms with Crippen molar-refractivity contribution in [2.45, 2.75) is 70.6 Å². The monoisotopic (exact) mass is 473 g/mol. The molecule has 1 atom stereocenters. The summed E-state index contributed by atoms with van der Waals surface area (Å²) in [5.41, 5.74) is 3.94. The number of nitrogens with zero attached hydrogens (tertiary/aromatic N) is 4. The van der Waals surface area contributed by atoms with Crippen molar-refractivity contribution in [3.8, 4) is 11.1 Å². The average Bonchev–Trinajstić information content (AvgIpc) is 3.21. The first-order chi connectivity index (χ1) is 16.4. The maximum Gasteiger partial charge on any atom is 0.345 e. The number of aliphatic hydroxyl groups excluding tert-OH is 1. The van der Waals surface area contributed by atoms with Crippen LogP contribution in [0.2, 0.25) is 0 Å². The zero-order chi connectivity index (χ0) is 24.2. The number of alkyl halides is 2. The summed E-state index contributed by atoms with van der Waals surface area (Å²) in [4.78, 5) is 20.7. The minimum Gasteiger partial charge on any atom is -0.393 e. The highest BCUT2D eigenvalue weighted by Gasteiger charge is 2.26. The number of ether oxygens (including phenoxy) is 1. The fourth-order valence-corrected chi connectivity index (χ4v) is 4.35. The minimum atomic E-state index is -2.83. The van der Waals surface area contributed by atoms with Crippen LogP contribution in [0.1, 0.15) is 68.1 Å². The SMILES string of the molecule is CCC(=O)c1ccc(-c2cc(C3CCC(O)CC3)n3nc(N[C@@H](C)COC(F)F)ncc23)cn1. The second-order valence-corrected chi connectivity index (χ2v) is 8.72. The third kappa shape index (κ3) is 5.39. The molecular formula is C24H29F2N5O3. The lowest BCUT2D eigenvalue weighted by atomic mass is 9.85. The number of aliphatic hydroxyl groups is 1. The van der Waals surface area contributed by atoms with Gasteiger partial charge in [-0.3, -0.25) is 9.78 Å². The van der Waals surface area contributed by atoms with Gasteiger partial charge in [-0.05, 0) is 44.7 Å². The number of carbonyl (C=O) groups is 1. The number of anilines is 1. The van der Waals surface area contributed by atoms with E-state index in [0.29, 0.717) is 18.1 Å². The van der Waals surface area contributed by atoms with Gasteiger partial charge < -0.3 is 15.2 Å². The van der Waals surface area contributed by atoms with E-state index in [0.717, 1.165) is 48.0 Å². The number of Topliss-reactive ketones (excluding diaryl/α,β-unsaturated/α-hetero) is 1. The summed E-state index contributed by atoms with van der Waals surface area (Å²) in [6.45, 7) is 0.500. The van der Waals surface area contributed by atoms with E-state index < -0.39 is 12.7 Å². The lowest BCUT2D eigenvalue weighted by Crippen LogP contribution is -2.25. The Morgan fingerprint density at radius 1 is 1.24 bits per heavy atom. The molecule has 3 aromatic rings. The molecule has 1 saturated carbocycles. The molecule has 4 rings (SSSR count). The third-order valence-electron chi connectivity index (χ3n) is 6.19. The van der Waals surface area contributed by atoms with Gasteiger partial charge in [0.2, 0.25) is 5.95 Å². The van der Waals surface area contributed by atoms with E-state index in [4.69, 9.17) is 0 Å². The van der Waals surface area contributed by atoms with Crippen LogP contribution in [0.25, 0.3) is 16.6 Å². The van der Waals surface area contributed by atoms with Crippen molar-refractivity contribution >= 4 is 17.2 Å². The molecule has 0 aliphatic heterocycles.